The van der Waals surface area contributed by atoms with E-state index < -0.39 is 6.10 Å². The van der Waals surface area contributed by atoms with E-state index in [-0.39, 0.29) is 12.5 Å². The number of aromatic nitrogens is 1. The van der Waals surface area contributed by atoms with Gasteiger partial charge in [0.05, 0.1) is 26.3 Å². The van der Waals surface area contributed by atoms with Crippen molar-refractivity contribution in [1.82, 2.24) is 9.88 Å². The molecule has 1 aromatic heterocycles. The maximum absolute atomic E-state index is 13.7. The van der Waals surface area contributed by atoms with Crippen LogP contribution in [0.5, 0.6) is 0 Å². The van der Waals surface area contributed by atoms with Gasteiger partial charge in [-0.25, -0.2) is 0 Å². The third-order valence-electron chi connectivity index (χ3n) is 7.23. The van der Waals surface area contributed by atoms with E-state index in [0.29, 0.717) is 30.2 Å². The molecule has 1 saturated heterocycles. The Balaban J connectivity index is 1.61. The summed E-state index contributed by atoms with van der Waals surface area (Å²) in [5.41, 5.74) is 4.25. The van der Waals surface area contributed by atoms with Crippen LogP contribution >= 0.6 is 11.6 Å². The lowest BCUT2D eigenvalue weighted by Crippen LogP contribution is -3.27. The second-order valence-corrected chi connectivity index (χ2v) is 10.5. The second kappa shape index (κ2) is 13.2. The van der Waals surface area contributed by atoms with E-state index in [1.165, 1.54) is 26.2 Å². The number of hydrogen-bond donors (Lipinski definition) is 5. The van der Waals surface area contributed by atoms with E-state index in [0.717, 1.165) is 35.2 Å². The summed E-state index contributed by atoms with van der Waals surface area (Å²) >= 11 is 6.15. The molecule has 3 aromatic rings. The van der Waals surface area contributed by atoms with Gasteiger partial charge >= 0.3 is 0 Å². The highest BCUT2D eigenvalue weighted by molar-refractivity contribution is 6.30. The number of piperazine rings is 1. The largest absolute Gasteiger partial charge is 0.394 e. The highest BCUT2D eigenvalue weighted by Crippen LogP contribution is 2.37. The molecule has 0 bridgehead atoms. The van der Waals surface area contributed by atoms with Gasteiger partial charge in [0, 0.05) is 41.9 Å². The minimum absolute atomic E-state index is 0.129. The summed E-state index contributed by atoms with van der Waals surface area (Å²) in [6, 6.07) is 17.5. The molecule has 8 heteroatoms. The van der Waals surface area contributed by atoms with Crippen molar-refractivity contribution in [3.63, 3.8) is 0 Å². The van der Waals surface area contributed by atoms with Crippen LogP contribution in [0.1, 0.15) is 23.3 Å². The first-order valence-corrected chi connectivity index (χ1v) is 13.6. The first kappa shape index (κ1) is 27.4. The molecule has 0 radical (unpaired) electrons. The number of aliphatic hydroxyl groups excluding tert-OH is 2. The molecule has 1 atom stereocenters. The lowest BCUT2D eigenvalue weighted by Gasteiger charge is -2.27. The summed E-state index contributed by atoms with van der Waals surface area (Å²) in [5, 5.41) is 23.2. The number of quaternary nitrogens is 2. The number of nitrogens with one attached hydrogen (secondary N) is 3. The molecule has 1 amide bonds. The minimum Gasteiger partial charge on any atom is -0.394 e. The maximum atomic E-state index is 13.7. The number of carbonyl (C=O) groups excluding carboxylic acids is 1. The van der Waals surface area contributed by atoms with Crippen molar-refractivity contribution in [1.29, 1.82) is 0 Å². The third kappa shape index (κ3) is 7.21. The summed E-state index contributed by atoms with van der Waals surface area (Å²) in [7, 11) is 2.24. The first-order valence-electron chi connectivity index (χ1n) is 13.2. The molecule has 0 saturated carbocycles. The standard InChI is InChI=1S/C29H37ClN4O3/c1-32-16-18-33(19-17-32)14-5-13-31-29(37)28-27(23-6-3-2-4-7-23)26(22-8-10-24(30)11-9-22)20-34(28)15-12-25(36)21-35/h2-4,6-11,20,25,35-36H,5,12-19,21H2,1H3,(H,31,37)/p+2/t25-/m0/s1. The Labute approximate surface area is 224 Å². The third-order valence-corrected chi connectivity index (χ3v) is 7.48. The average Bonchev–Trinajstić information content (AvgIpc) is 3.31. The number of hydrogen-bond acceptors (Lipinski definition) is 3. The van der Waals surface area contributed by atoms with Crippen LogP contribution in [0.2, 0.25) is 5.02 Å². The summed E-state index contributed by atoms with van der Waals surface area (Å²) < 4.78 is 1.91. The molecule has 1 fully saturated rings. The Kier molecular flexibility index (Phi) is 9.77. The van der Waals surface area contributed by atoms with E-state index in [4.69, 9.17) is 11.6 Å². The summed E-state index contributed by atoms with van der Waals surface area (Å²) in [5.74, 6) is -0.129. The van der Waals surface area contributed by atoms with Gasteiger partial charge in [0.25, 0.3) is 5.91 Å². The van der Waals surface area contributed by atoms with Gasteiger partial charge in [0.2, 0.25) is 0 Å². The molecule has 2 aromatic carbocycles. The number of likely N-dealkylation sites (N-methyl/N-ethyl adjacent to an activating group) is 1. The topological polar surface area (TPSA) is 83.4 Å². The Morgan fingerprint density at radius 2 is 1.76 bits per heavy atom. The van der Waals surface area contributed by atoms with Gasteiger partial charge < -0.3 is 29.9 Å². The highest BCUT2D eigenvalue weighted by Gasteiger charge is 2.25. The van der Waals surface area contributed by atoms with Crippen LogP contribution in [0.15, 0.2) is 60.8 Å². The van der Waals surface area contributed by atoms with Crippen molar-refractivity contribution in [2.24, 2.45) is 0 Å². The number of aryl methyl sites for hydroxylation is 1. The monoisotopic (exact) mass is 526 g/mol. The van der Waals surface area contributed by atoms with Gasteiger partial charge in [0.15, 0.2) is 0 Å². The van der Waals surface area contributed by atoms with Gasteiger partial charge in [-0.15, -0.1) is 0 Å². The number of benzene rings is 2. The smallest absolute Gasteiger partial charge is 0.268 e. The van der Waals surface area contributed by atoms with Crippen LogP contribution in [-0.2, 0) is 6.54 Å². The van der Waals surface area contributed by atoms with Crippen LogP contribution in [-0.4, -0.2) is 79.7 Å². The van der Waals surface area contributed by atoms with E-state index in [2.05, 4.69) is 12.4 Å². The molecular formula is C29H39ClN4O3+2. The first-order chi connectivity index (χ1) is 18.0. The number of nitrogens with zero attached hydrogens (tertiary/aromatic N) is 1. The number of carbonyl (C=O) groups is 1. The molecular weight excluding hydrogens is 488 g/mol. The fourth-order valence-electron chi connectivity index (χ4n) is 5.01. The number of rotatable bonds is 11. The van der Waals surface area contributed by atoms with Crippen molar-refractivity contribution in [3.8, 4) is 22.3 Å². The van der Waals surface area contributed by atoms with Crippen LogP contribution < -0.4 is 15.1 Å². The number of aliphatic hydroxyl groups is 2. The Bertz CT molecular complexity index is 1140. The molecule has 7 nitrogen and oxygen atoms in total. The van der Waals surface area contributed by atoms with E-state index in [9.17, 15) is 15.0 Å². The molecule has 5 N–H and O–H groups in total. The van der Waals surface area contributed by atoms with Crippen LogP contribution in [0.4, 0.5) is 0 Å². The molecule has 0 aliphatic carbocycles. The molecule has 2 heterocycles. The SMILES string of the molecule is C[NH+]1CC[NH+](CCCNC(=O)c2c(-c3ccccc3)c(-c3ccc(Cl)cc3)cn2CC[C@H](O)CO)CC1. The molecule has 37 heavy (non-hydrogen) atoms. The lowest BCUT2D eigenvalue weighted by molar-refractivity contribution is -1.00. The fraction of sp³-hybridized carbons (Fsp3) is 0.414. The lowest BCUT2D eigenvalue weighted by atomic mass is 9.96. The van der Waals surface area contributed by atoms with Crippen molar-refractivity contribution >= 4 is 17.5 Å². The molecule has 4 rings (SSSR count). The molecule has 1 aliphatic heterocycles. The zero-order chi connectivity index (χ0) is 26.2. The number of amides is 1. The normalized spacial score (nSPS) is 18.5. The molecule has 0 unspecified atom stereocenters. The van der Waals surface area contributed by atoms with E-state index >= 15 is 0 Å². The minimum atomic E-state index is -0.842. The average molecular weight is 527 g/mol. The van der Waals surface area contributed by atoms with Crippen LogP contribution in [0.25, 0.3) is 22.3 Å². The zero-order valence-electron chi connectivity index (χ0n) is 21.5. The molecule has 1 aliphatic rings. The summed E-state index contributed by atoms with van der Waals surface area (Å²) in [6.07, 6.45) is 2.40. The van der Waals surface area contributed by atoms with Crippen LogP contribution in [0, 0.1) is 0 Å². The second-order valence-electron chi connectivity index (χ2n) is 10.0. The zero-order valence-corrected chi connectivity index (χ0v) is 22.3. The predicted octanol–water partition coefficient (Wildman–Crippen LogP) is 0.752. The van der Waals surface area contributed by atoms with Gasteiger partial charge in [-0.3, -0.25) is 4.79 Å². The highest BCUT2D eigenvalue weighted by atomic mass is 35.5. The molecule has 0 spiro atoms. The van der Waals surface area contributed by atoms with Gasteiger partial charge in [-0.2, -0.15) is 0 Å². The Morgan fingerprint density at radius 1 is 1.05 bits per heavy atom. The van der Waals surface area contributed by atoms with Crippen molar-refractivity contribution < 1.29 is 24.8 Å². The van der Waals surface area contributed by atoms with E-state index in [1.807, 2.05) is 65.4 Å². The summed E-state index contributed by atoms with van der Waals surface area (Å²) in [4.78, 5) is 16.9. The van der Waals surface area contributed by atoms with E-state index in [1.54, 1.807) is 9.80 Å². The molecule has 198 valence electrons. The predicted molar refractivity (Wildman–Crippen MR) is 147 cm³/mol. The maximum Gasteiger partial charge on any atom is 0.268 e. The van der Waals surface area contributed by atoms with Crippen LogP contribution in [0.3, 0.4) is 0 Å². The van der Waals surface area contributed by atoms with Crippen molar-refractivity contribution in [2.45, 2.75) is 25.5 Å². The van der Waals surface area contributed by atoms with Crippen molar-refractivity contribution in [2.75, 3.05) is 52.9 Å². The Morgan fingerprint density at radius 3 is 2.43 bits per heavy atom. The summed E-state index contributed by atoms with van der Waals surface area (Å²) in [6.45, 7) is 6.52. The quantitative estimate of drug-likeness (QED) is 0.239. The van der Waals surface area contributed by atoms with Crippen molar-refractivity contribution in [3.05, 3.63) is 71.5 Å². The van der Waals surface area contributed by atoms with Gasteiger partial charge in [-0.05, 0) is 29.7 Å². The van der Waals surface area contributed by atoms with Gasteiger partial charge in [0.1, 0.15) is 31.9 Å². The Hall–Kier alpha value is -2.68. The van der Waals surface area contributed by atoms with Gasteiger partial charge in [-0.1, -0.05) is 54.1 Å². The number of halogens is 1. The fourth-order valence-corrected chi connectivity index (χ4v) is 5.13.